The summed E-state index contributed by atoms with van der Waals surface area (Å²) >= 11 is 0. The summed E-state index contributed by atoms with van der Waals surface area (Å²) in [5, 5.41) is 0. The van der Waals surface area contributed by atoms with E-state index in [2.05, 4.69) is 4.98 Å². The van der Waals surface area contributed by atoms with Gasteiger partial charge >= 0.3 is 0 Å². The third kappa shape index (κ3) is 2.67. The minimum Gasteiger partial charge on any atom is -0.260 e. The second kappa shape index (κ2) is 3.48. The van der Waals surface area contributed by atoms with Gasteiger partial charge in [0.15, 0.2) is 0 Å². The molecule has 11 heavy (non-hydrogen) atoms. The number of thiol groups is 1. The second-order valence-corrected chi connectivity index (χ2v) is 3.30. The maximum atomic E-state index is 10.3. The lowest BCUT2D eigenvalue weighted by atomic mass is 10.3. The Balaban J connectivity index is 2.82. The van der Waals surface area contributed by atoms with E-state index in [1.165, 1.54) is 0 Å². The van der Waals surface area contributed by atoms with Crippen molar-refractivity contribution in [3.05, 3.63) is 29.6 Å². The van der Waals surface area contributed by atoms with Gasteiger partial charge < -0.3 is 0 Å². The first-order valence-corrected chi connectivity index (χ1v) is 4.58. The Hall–Kier alpha value is -0.900. The van der Waals surface area contributed by atoms with Crippen molar-refractivity contribution in [2.45, 2.75) is 12.7 Å². The topological polar surface area (TPSA) is 47.0 Å². The van der Waals surface area contributed by atoms with Crippen molar-refractivity contribution < 1.29 is 8.42 Å². The van der Waals surface area contributed by atoms with Gasteiger partial charge in [-0.1, -0.05) is 6.07 Å². The average Bonchev–Trinajstić information content (AvgIpc) is 1.93. The lowest BCUT2D eigenvalue weighted by Crippen LogP contribution is -1.90. The summed E-state index contributed by atoms with van der Waals surface area (Å²) in [5.74, 6) is 0.0373. The summed E-state index contributed by atoms with van der Waals surface area (Å²) in [5.41, 5.74) is 1.64. The van der Waals surface area contributed by atoms with Crippen molar-refractivity contribution in [2.75, 3.05) is 0 Å². The van der Waals surface area contributed by atoms with E-state index >= 15 is 0 Å². The molecule has 0 spiro atoms. The van der Waals surface area contributed by atoms with E-state index in [1.54, 1.807) is 12.3 Å². The maximum absolute atomic E-state index is 10.3. The van der Waals surface area contributed by atoms with Crippen LogP contribution in [-0.2, 0) is 16.5 Å². The SMILES string of the molecule is Cc1ccc(C[SH](=O)=O)nc1. The van der Waals surface area contributed by atoms with Crippen molar-refractivity contribution in [3.8, 4) is 0 Å². The Labute approximate surface area is 67.0 Å². The Morgan fingerprint density at radius 3 is 2.64 bits per heavy atom. The Kier molecular flexibility index (Phi) is 2.59. The molecule has 0 bridgehead atoms. The first-order chi connectivity index (χ1) is 5.18. The fourth-order valence-electron chi connectivity index (χ4n) is 0.724. The molecule has 0 aromatic carbocycles. The van der Waals surface area contributed by atoms with Crippen LogP contribution in [0.4, 0.5) is 0 Å². The minimum atomic E-state index is -2.35. The molecule has 0 N–H and O–H groups in total. The molecule has 1 rings (SSSR count). The molecule has 3 nitrogen and oxygen atoms in total. The van der Waals surface area contributed by atoms with E-state index in [0.29, 0.717) is 5.69 Å². The molecule has 0 saturated carbocycles. The molecule has 0 amide bonds. The van der Waals surface area contributed by atoms with Crippen LogP contribution in [0.1, 0.15) is 11.3 Å². The summed E-state index contributed by atoms with van der Waals surface area (Å²) < 4.78 is 20.5. The van der Waals surface area contributed by atoms with E-state index in [9.17, 15) is 8.42 Å². The van der Waals surface area contributed by atoms with Gasteiger partial charge in [-0.15, -0.1) is 0 Å². The quantitative estimate of drug-likeness (QED) is 0.659. The smallest absolute Gasteiger partial charge is 0.145 e. The van der Waals surface area contributed by atoms with Crippen LogP contribution in [0.5, 0.6) is 0 Å². The molecule has 0 aliphatic rings. The van der Waals surface area contributed by atoms with Crippen LogP contribution in [0.25, 0.3) is 0 Å². The molecule has 0 radical (unpaired) electrons. The van der Waals surface area contributed by atoms with Crippen LogP contribution < -0.4 is 0 Å². The Morgan fingerprint density at radius 1 is 1.45 bits per heavy atom. The Bertz CT molecular complexity index is 295. The van der Waals surface area contributed by atoms with E-state index in [-0.39, 0.29) is 5.75 Å². The molecule has 0 saturated heterocycles. The molecule has 0 unspecified atom stereocenters. The Morgan fingerprint density at radius 2 is 2.18 bits per heavy atom. The fraction of sp³-hybridized carbons (Fsp3) is 0.286. The molecule has 0 aliphatic heterocycles. The molecular formula is C7H9NO2S. The zero-order valence-electron chi connectivity index (χ0n) is 6.15. The summed E-state index contributed by atoms with van der Waals surface area (Å²) in [4.78, 5) is 3.93. The number of nitrogens with zero attached hydrogens (tertiary/aromatic N) is 1. The summed E-state index contributed by atoms with van der Waals surface area (Å²) in [6.07, 6.45) is 1.66. The van der Waals surface area contributed by atoms with Crippen molar-refractivity contribution in [1.29, 1.82) is 0 Å². The van der Waals surface area contributed by atoms with E-state index in [1.807, 2.05) is 13.0 Å². The fourth-order valence-corrected chi connectivity index (χ4v) is 1.18. The molecule has 0 atom stereocenters. The van der Waals surface area contributed by atoms with Gasteiger partial charge in [-0.05, 0) is 18.6 Å². The van der Waals surface area contributed by atoms with Gasteiger partial charge in [0, 0.05) is 6.20 Å². The molecular weight excluding hydrogens is 162 g/mol. The lowest BCUT2D eigenvalue weighted by molar-refractivity contribution is 0.613. The number of hydrogen-bond donors (Lipinski definition) is 1. The van der Waals surface area contributed by atoms with Crippen molar-refractivity contribution in [3.63, 3.8) is 0 Å². The number of hydrogen-bond acceptors (Lipinski definition) is 3. The number of aromatic nitrogens is 1. The highest BCUT2D eigenvalue weighted by Gasteiger charge is 1.93. The molecule has 0 aliphatic carbocycles. The maximum Gasteiger partial charge on any atom is 0.145 e. The summed E-state index contributed by atoms with van der Waals surface area (Å²) in [6, 6.07) is 3.57. The molecule has 4 heteroatoms. The molecule has 1 aromatic rings. The van der Waals surface area contributed by atoms with Crippen molar-refractivity contribution >= 4 is 10.7 Å². The molecule has 0 fully saturated rings. The van der Waals surface area contributed by atoms with Gasteiger partial charge in [0.05, 0.1) is 11.4 Å². The van der Waals surface area contributed by atoms with E-state index in [4.69, 9.17) is 0 Å². The number of aryl methyl sites for hydroxylation is 1. The van der Waals surface area contributed by atoms with Crippen LogP contribution in [0.3, 0.4) is 0 Å². The largest absolute Gasteiger partial charge is 0.260 e. The summed E-state index contributed by atoms with van der Waals surface area (Å²) in [7, 11) is -2.35. The van der Waals surface area contributed by atoms with Crippen LogP contribution in [0.2, 0.25) is 0 Å². The van der Waals surface area contributed by atoms with Crippen molar-refractivity contribution in [1.82, 2.24) is 4.98 Å². The van der Waals surface area contributed by atoms with Gasteiger partial charge in [-0.2, -0.15) is 0 Å². The molecule has 60 valence electrons. The number of pyridine rings is 1. The van der Waals surface area contributed by atoms with Gasteiger partial charge in [0.1, 0.15) is 10.7 Å². The second-order valence-electron chi connectivity index (χ2n) is 2.32. The lowest BCUT2D eigenvalue weighted by Gasteiger charge is -1.93. The molecule has 1 aromatic heterocycles. The van der Waals surface area contributed by atoms with Gasteiger partial charge in [0.2, 0.25) is 0 Å². The predicted octanol–water partition coefficient (Wildman–Crippen LogP) is 0.501. The van der Waals surface area contributed by atoms with Crippen LogP contribution in [0, 0.1) is 6.92 Å². The zero-order valence-corrected chi connectivity index (χ0v) is 7.04. The minimum absolute atomic E-state index is 0.0373. The zero-order chi connectivity index (χ0) is 8.27. The summed E-state index contributed by atoms with van der Waals surface area (Å²) in [6.45, 7) is 1.91. The highest BCUT2D eigenvalue weighted by molar-refractivity contribution is 7.71. The first-order valence-electron chi connectivity index (χ1n) is 3.22. The van der Waals surface area contributed by atoms with E-state index in [0.717, 1.165) is 5.56 Å². The van der Waals surface area contributed by atoms with Crippen LogP contribution in [0.15, 0.2) is 18.3 Å². The van der Waals surface area contributed by atoms with Crippen molar-refractivity contribution in [2.24, 2.45) is 0 Å². The van der Waals surface area contributed by atoms with Gasteiger partial charge in [-0.25, -0.2) is 8.42 Å². The third-order valence-corrected chi connectivity index (χ3v) is 1.85. The predicted molar refractivity (Wildman–Crippen MR) is 43.0 cm³/mol. The van der Waals surface area contributed by atoms with E-state index < -0.39 is 10.7 Å². The average molecular weight is 171 g/mol. The van der Waals surface area contributed by atoms with Crippen LogP contribution >= 0.6 is 0 Å². The normalized spacial score (nSPS) is 10.4. The first kappa shape index (κ1) is 8.20. The monoisotopic (exact) mass is 171 g/mol. The van der Waals surface area contributed by atoms with Gasteiger partial charge in [0.25, 0.3) is 0 Å². The highest BCUT2D eigenvalue weighted by Crippen LogP contribution is 1.98. The number of rotatable bonds is 2. The third-order valence-electron chi connectivity index (χ3n) is 1.26. The highest BCUT2D eigenvalue weighted by atomic mass is 32.2. The molecule has 1 heterocycles. The van der Waals surface area contributed by atoms with Crippen LogP contribution in [-0.4, -0.2) is 13.4 Å². The van der Waals surface area contributed by atoms with Gasteiger partial charge in [-0.3, -0.25) is 4.98 Å². The standard InChI is InChI=1S/C7H9NO2S/c1-6-2-3-7(8-4-6)5-11(9)10/h2-4,11H,5H2,1H3.